The lowest BCUT2D eigenvalue weighted by atomic mass is 10.1. The minimum Gasteiger partial charge on any atom is -0.236 e. The van der Waals surface area contributed by atoms with Crippen molar-refractivity contribution in [2.75, 3.05) is 12.0 Å². The third kappa shape index (κ3) is 6.44. The van der Waals surface area contributed by atoms with Crippen molar-refractivity contribution in [2.24, 2.45) is 0 Å². The molecular weight excluding hydrogens is 221 g/mol. The Morgan fingerprint density at radius 3 is 1.93 bits per heavy atom. The second kappa shape index (κ2) is 8.65. The standard InChI is InChI=1S/C8H7F3.C3H8S/c9-7(8(10)11)6-4-2-1-3-5-6;1-3-4-2/h1-5,7-8H;3H2,1-2H3. The van der Waals surface area contributed by atoms with E-state index in [9.17, 15) is 13.2 Å². The lowest BCUT2D eigenvalue weighted by Gasteiger charge is -2.05. The first kappa shape index (κ1) is 14.4. The van der Waals surface area contributed by atoms with Crippen molar-refractivity contribution in [3.63, 3.8) is 0 Å². The van der Waals surface area contributed by atoms with E-state index in [2.05, 4.69) is 13.2 Å². The van der Waals surface area contributed by atoms with Crippen LogP contribution in [-0.2, 0) is 0 Å². The lowest BCUT2D eigenvalue weighted by molar-refractivity contribution is 0.0496. The van der Waals surface area contributed by atoms with Gasteiger partial charge in [0.15, 0.2) is 6.17 Å². The molecule has 0 fully saturated rings. The van der Waals surface area contributed by atoms with Gasteiger partial charge < -0.3 is 0 Å². The fourth-order valence-electron chi connectivity index (χ4n) is 0.782. The van der Waals surface area contributed by atoms with E-state index < -0.39 is 12.6 Å². The molecule has 15 heavy (non-hydrogen) atoms. The first-order valence-corrected chi connectivity index (χ1v) is 5.99. The minimum absolute atomic E-state index is 0.0301. The van der Waals surface area contributed by atoms with Crippen LogP contribution in [0.1, 0.15) is 18.7 Å². The van der Waals surface area contributed by atoms with Gasteiger partial charge in [-0.2, -0.15) is 11.8 Å². The van der Waals surface area contributed by atoms with Gasteiger partial charge in [-0.1, -0.05) is 37.3 Å². The number of halogens is 3. The van der Waals surface area contributed by atoms with E-state index in [1.54, 1.807) is 6.07 Å². The van der Waals surface area contributed by atoms with Crippen molar-refractivity contribution >= 4 is 11.8 Å². The Labute approximate surface area is 92.9 Å². The van der Waals surface area contributed by atoms with Crippen molar-refractivity contribution in [1.82, 2.24) is 0 Å². The maximum Gasteiger partial charge on any atom is 0.273 e. The molecule has 1 unspecified atom stereocenters. The van der Waals surface area contributed by atoms with E-state index in [4.69, 9.17) is 0 Å². The molecule has 0 aliphatic carbocycles. The van der Waals surface area contributed by atoms with Crippen LogP contribution in [0.5, 0.6) is 0 Å². The largest absolute Gasteiger partial charge is 0.273 e. The molecule has 1 aromatic rings. The second-order valence-corrected chi connectivity index (χ2v) is 3.88. The Bertz CT molecular complexity index is 237. The lowest BCUT2D eigenvalue weighted by Crippen LogP contribution is -2.02. The highest BCUT2D eigenvalue weighted by molar-refractivity contribution is 7.98. The minimum atomic E-state index is -2.93. The molecule has 4 heteroatoms. The van der Waals surface area contributed by atoms with Crippen LogP contribution < -0.4 is 0 Å². The quantitative estimate of drug-likeness (QED) is 0.752. The number of hydrogen-bond acceptors (Lipinski definition) is 1. The molecule has 0 amide bonds. The molecule has 0 N–H and O–H groups in total. The van der Waals surface area contributed by atoms with E-state index in [0.29, 0.717) is 0 Å². The molecule has 0 heterocycles. The summed E-state index contributed by atoms with van der Waals surface area (Å²) in [6, 6.07) is 7.41. The predicted octanol–water partition coefficient (Wildman–Crippen LogP) is 4.33. The highest BCUT2D eigenvalue weighted by Gasteiger charge is 2.20. The molecule has 0 bridgehead atoms. The smallest absolute Gasteiger partial charge is 0.236 e. The summed E-state index contributed by atoms with van der Waals surface area (Å²) in [5.74, 6) is 1.24. The Balaban J connectivity index is 0.000000423. The highest BCUT2D eigenvalue weighted by atomic mass is 32.2. The average molecular weight is 236 g/mol. The summed E-state index contributed by atoms with van der Waals surface area (Å²) in [5.41, 5.74) is 0.0301. The first-order chi connectivity index (χ1) is 7.13. The average Bonchev–Trinajstić information content (AvgIpc) is 2.29. The van der Waals surface area contributed by atoms with E-state index in [0.717, 1.165) is 0 Å². The predicted molar refractivity (Wildman–Crippen MR) is 60.4 cm³/mol. The maximum atomic E-state index is 12.5. The van der Waals surface area contributed by atoms with E-state index >= 15 is 0 Å². The van der Waals surface area contributed by atoms with Gasteiger partial charge in [-0.3, -0.25) is 0 Å². The Morgan fingerprint density at radius 1 is 1.13 bits per heavy atom. The number of alkyl halides is 3. The van der Waals surface area contributed by atoms with Gasteiger partial charge in [0.1, 0.15) is 0 Å². The summed E-state index contributed by atoms with van der Waals surface area (Å²) in [6.45, 7) is 2.14. The van der Waals surface area contributed by atoms with Crippen LogP contribution in [-0.4, -0.2) is 18.4 Å². The van der Waals surface area contributed by atoms with E-state index in [-0.39, 0.29) is 5.56 Å². The summed E-state index contributed by atoms with van der Waals surface area (Å²) in [5, 5.41) is 0. The number of hydrogen-bond donors (Lipinski definition) is 0. The summed E-state index contributed by atoms with van der Waals surface area (Å²) >= 11 is 1.86. The zero-order chi connectivity index (χ0) is 11.7. The fraction of sp³-hybridized carbons (Fsp3) is 0.455. The van der Waals surface area contributed by atoms with Crippen molar-refractivity contribution in [2.45, 2.75) is 19.5 Å². The second-order valence-electron chi connectivity index (χ2n) is 2.72. The van der Waals surface area contributed by atoms with Crippen LogP contribution in [0.25, 0.3) is 0 Å². The molecule has 1 aromatic carbocycles. The van der Waals surface area contributed by atoms with Crippen molar-refractivity contribution in [1.29, 1.82) is 0 Å². The van der Waals surface area contributed by atoms with Gasteiger partial charge in [0.2, 0.25) is 0 Å². The van der Waals surface area contributed by atoms with Gasteiger partial charge in [0.25, 0.3) is 6.43 Å². The zero-order valence-corrected chi connectivity index (χ0v) is 9.61. The zero-order valence-electron chi connectivity index (χ0n) is 8.79. The Kier molecular flexibility index (Phi) is 8.28. The molecule has 0 spiro atoms. The van der Waals surface area contributed by atoms with E-state index in [1.165, 1.54) is 30.0 Å². The summed E-state index contributed by atoms with van der Waals surface area (Å²) in [7, 11) is 0. The molecule has 0 aromatic heterocycles. The van der Waals surface area contributed by atoms with E-state index in [1.807, 2.05) is 11.8 Å². The normalized spacial score (nSPS) is 11.9. The van der Waals surface area contributed by atoms with Crippen molar-refractivity contribution < 1.29 is 13.2 Å². The third-order valence-corrected chi connectivity index (χ3v) is 2.21. The third-order valence-electron chi connectivity index (χ3n) is 1.63. The van der Waals surface area contributed by atoms with Gasteiger partial charge in [-0.25, -0.2) is 13.2 Å². The van der Waals surface area contributed by atoms with Gasteiger partial charge >= 0.3 is 0 Å². The van der Waals surface area contributed by atoms with Gasteiger partial charge in [0.05, 0.1) is 0 Å². The summed E-state index contributed by atoms with van der Waals surface area (Å²) in [4.78, 5) is 0. The van der Waals surface area contributed by atoms with Crippen LogP contribution in [0.3, 0.4) is 0 Å². The van der Waals surface area contributed by atoms with Gasteiger partial charge in [-0.15, -0.1) is 0 Å². The molecule has 86 valence electrons. The molecule has 0 saturated carbocycles. The SMILES string of the molecule is CCSC.FC(F)C(F)c1ccccc1. The van der Waals surface area contributed by atoms with Crippen LogP contribution in [0.2, 0.25) is 0 Å². The molecule has 0 aliphatic rings. The molecule has 1 rings (SSSR count). The number of rotatable bonds is 3. The Hall–Kier alpha value is -0.640. The van der Waals surface area contributed by atoms with Gasteiger partial charge in [-0.05, 0) is 17.6 Å². The summed E-state index contributed by atoms with van der Waals surface area (Å²) < 4.78 is 36.0. The van der Waals surface area contributed by atoms with Crippen LogP contribution >= 0.6 is 11.8 Å². The molecule has 0 nitrogen and oxygen atoms in total. The maximum absolute atomic E-state index is 12.5. The highest BCUT2D eigenvalue weighted by Crippen LogP contribution is 2.23. The molecule has 0 aliphatic heterocycles. The molecule has 0 saturated heterocycles. The van der Waals surface area contributed by atoms with Crippen LogP contribution in [0.4, 0.5) is 13.2 Å². The molecule has 0 radical (unpaired) electrons. The van der Waals surface area contributed by atoms with Crippen LogP contribution in [0.15, 0.2) is 30.3 Å². The van der Waals surface area contributed by atoms with Gasteiger partial charge in [0, 0.05) is 0 Å². The fourth-order valence-corrected chi connectivity index (χ4v) is 0.782. The van der Waals surface area contributed by atoms with Crippen molar-refractivity contribution in [3.05, 3.63) is 35.9 Å². The number of benzene rings is 1. The molecular formula is C11H15F3S. The van der Waals surface area contributed by atoms with Crippen molar-refractivity contribution in [3.8, 4) is 0 Å². The monoisotopic (exact) mass is 236 g/mol. The van der Waals surface area contributed by atoms with Crippen LogP contribution in [0, 0.1) is 0 Å². The number of thioether (sulfide) groups is 1. The molecule has 1 atom stereocenters. The Morgan fingerprint density at radius 2 is 1.60 bits per heavy atom. The topological polar surface area (TPSA) is 0 Å². The summed E-state index contributed by atoms with van der Waals surface area (Å²) in [6.07, 6.45) is -2.99. The first-order valence-electron chi connectivity index (χ1n) is 4.59.